The van der Waals surface area contributed by atoms with Gasteiger partial charge in [0, 0.05) is 6.07 Å². The number of ether oxygens (including phenoxy) is 2. The van der Waals surface area contributed by atoms with Crippen LogP contribution in [0.1, 0.15) is 5.56 Å². The third-order valence-electron chi connectivity index (χ3n) is 3.75. The molecule has 28 heavy (non-hydrogen) atoms. The normalized spacial score (nSPS) is 10.4. The van der Waals surface area contributed by atoms with E-state index in [1.165, 1.54) is 0 Å². The largest absolute Gasteiger partial charge is 0.497 e. The number of nitrogens with one attached hydrogen (secondary N) is 2. The summed E-state index contributed by atoms with van der Waals surface area (Å²) >= 11 is 17.3. The predicted octanol–water partition coefficient (Wildman–Crippen LogP) is 4.46. The standard InChI is InChI=1S/C18H17Cl2N5O2S/c1-26-12-4-6-16(27-2)15(8-12)22-18(28)23-17-21-10-25(24-17)9-11-3-5-13(19)14(20)7-11/h3-8,10H,9H2,1-2H3,(H2,22,23,24,28). The van der Waals surface area contributed by atoms with E-state index < -0.39 is 0 Å². The number of benzene rings is 2. The summed E-state index contributed by atoms with van der Waals surface area (Å²) in [6, 6.07) is 10.8. The third kappa shape index (κ3) is 5.03. The van der Waals surface area contributed by atoms with Gasteiger partial charge in [0.05, 0.1) is 36.5 Å². The van der Waals surface area contributed by atoms with Gasteiger partial charge in [-0.05, 0) is 42.0 Å². The van der Waals surface area contributed by atoms with Crippen molar-refractivity contribution in [2.45, 2.75) is 6.54 Å². The summed E-state index contributed by atoms with van der Waals surface area (Å²) in [4.78, 5) is 4.21. The average molecular weight is 438 g/mol. The van der Waals surface area contributed by atoms with Crippen molar-refractivity contribution in [2.75, 3.05) is 24.9 Å². The van der Waals surface area contributed by atoms with Gasteiger partial charge in [-0.1, -0.05) is 29.3 Å². The van der Waals surface area contributed by atoms with Gasteiger partial charge in [0.1, 0.15) is 17.8 Å². The van der Waals surface area contributed by atoms with Gasteiger partial charge in [0.25, 0.3) is 0 Å². The highest BCUT2D eigenvalue weighted by Gasteiger charge is 2.09. The molecule has 10 heteroatoms. The second kappa shape index (κ2) is 9.09. The monoisotopic (exact) mass is 437 g/mol. The summed E-state index contributed by atoms with van der Waals surface area (Å²) in [6.07, 6.45) is 1.60. The Morgan fingerprint density at radius 1 is 1.07 bits per heavy atom. The van der Waals surface area contributed by atoms with Gasteiger partial charge in [-0.2, -0.15) is 0 Å². The molecular formula is C18H17Cl2N5O2S. The Kier molecular flexibility index (Phi) is 6.56. The van der Waals surface area contributed by atoms with Crippen molar-refractivity contribution in [2.24, 2.45) is 0 Å². The van der Waals surface area contributed by atoms with Crippen molar-refractivity contribution in [1.82, 2.24) is 14.8 Å². The van der Waals surface area contributed by atoms with Crippen LogP contribution in [0.4, 0.5) is 11.6 Å². The first-order chi connectivity index (χ1) is 13.5. The fraction of sp³-hybridized carbons (Fsp3) is 0.167. The van der Waals surface area contributed by atoms with E-state index in [4.69, 9.17) is 44.9 Å². The highest BCUT2D eigenvalue weighted by Crippen LogP contribution is 2.29. The zero-order valence-corrected chi connectivity index (χ0v) is 17.4. The van der Waals surface area contributed by atoms with Crippen LogP contribution in [0.2, 0.25) is 10.0 Å². The molecule has 2 aromatic carbocycles. The summed E-state index contributed by atoms with van der Waals surface area (Å²) in [5.41, 5.74) is 1.61. The van der Waals surface area contributed by atoms with Gasteiger partial charge < -0.3 is 14.8 Å². The lowest BCUT2D eigenvalue weighted by Crippen LogP contribution is -2.20. The molecule has 1 heterocycles. The number of methoxy groups -OCH3 is 2. The van der Waals surface area contributed by atoms with Crippen LogP contribution in [0, 0.1) is 0 Å². The van der Waals surface area contributed by atoms with Crippen molar-refractivity contribution in [3.63, 3.8) is 0 Å². The van der Waals surface area contributed by atoms with E-state index in [0.29, 0.717) is 44.8 Å². The minimum atomic E-state index is 0.318. The Morgan fingerprint density at radius 2 is 1.89 bits per heavy atom. The van der Waals surface area contributed by atoms with Crippen LogP contribution < -0.4 is 20.1 Å². The molecule has 3 aromatic rings. The summed E-state index contributed by atoms with van der Waals surface area (Å²) in [7, 11) is 3.17. The molecule has 0 aliphatic carbocycles. The smallest absolute Gasteiger partial charge is 0.248 e. The van der Waals surface area contributed by atoms with E-state index in [1.54, 1.807) is 55.6 Å². The van der Waals surface area contributed by atoms with Gasteiger partial charge in [0.15, 0.2) is 5.11 Å². The molecule has 0 spiro atoms. The summed E-state index contributed by atoms with van der Waals surface area (Å²) in [5.74, 6) is 1.66. The number of thiocarbonyl (C=S) groups is 1. The molecular weight excluding hydrogens is 421 g/mol. The fourth-order valence-corrected chi connectivity index (χ4v) is 2.94. The molecule has 0 bridgehead atoms. The van der Waals surface area contributed by atoms with Crippen molar-refractivity contribution in [1.29, 1.82) is 0 Å². The second-order valence-corrected chi connectivity index (χ2v) is 6.88. The first-order valence-corrected chi connectivity index (χ1v) is 9.28. The zero-order chi connectivity index (χ0) is 20.1. The number of hydrogen-bond acceptors (Lipinski definition) is 5. The third-order valence-corrected chi connectivity index (χ3v) is 4.69. The molecule has 0 aliphatic rings. The topological polar surface area (TPSA) is 73.2 Å². The molecule has 3 rings (SSSR count). The van der Waals surface area contributed by atoms with E-state index in [-0.39, 0.29) is 0 Å². The number of hydrogen-bond donors (Lipinski definition) is 2. The van der Waals surface area contributed by atoms with Crippen LogP contribution in [0.25, 0.3) is 0 Å². The van der Waals surface area contributed by atoms with Crippen LogP contribution in [0.15, 0.2) is 42.7 Å². The number of aromatic nitrogens is 3. The zero-order valence-electron chi connectivity index (χ0n) is 15.1. The van der Waals surface area contributed by atoms with Gasteiger partial charge in [-0.3, -0.25) is 5.32 Å². The van der Waals surface area contributed by atoms with E-state index >= 15 is 0 Å². The van der Waals surface area contributed by atoms with Gasteiger partial charge in [-0.25, -0.2) is 9.67 Å². The lowest BCUT2D eigenvalue weighted by atomic mass is 10.2. The Hall–Kier alpha value is -2.55. The molecule has 0 saturated carbocycles. The first-order valence-electron chi connectivity index (χ1n) is 8.12. The number of halogens is 2. The number of rotatable bonds is 6. The predicted molar refractivity (Wildman–Crippen MR) is 115 cm³/mol. The van der Waals surface area contributed by atoms with Gasteiger partial charge in [0.2, 0.25) is 5.95 Å². The van der Waals surface area contributed by atoms with E-state index in [1.807, 2.05) is 6.07 Å². The maximum Gasteiger partial charge on any atom is 0.248 e. The van der Waals surface area contributed by atoms with Crippen LogP contribution >= 0.6 is 35.4 Å². The van der Waals surface area contributed by atoms with E-state index in [9.17, 15) is 0 Å². The maximum atomic E-state index is 6.04. The molecule has 146 valence electrons. The maximum absolute atomic E-state index is 6.04. The lowest BCUT2D eigenvalue weighted by Gasteiger charge is -2.13. The first kappa shape index (κ1) is 20.2. The van der Waals surface area contributed by atoms with Crippen molar-refractivity contribution < 1.29 is 9.47 Å². The Balaban J connectivity index is 1.65. The van der Waals surface area contributed by atoms with Crippen LogP contribution in [-0.4, -0.2) is 34.1 Å². The minimum absolute atomic E-state index is 0.318. The highest BCUT2D eigenvalue weighted by molar-refractivity contribution is 7.80. The molecule has 2 N–H and O–H groups in total. The summed E-state index contributed by atoms with van der Waals surface area (Å²) in [5, 5.41) is 11.7. The number of nitrogens with zero attached hydrogens (tertiary/aromatic N) is 3. The van der Waals surface area contributed by atoms with Crippen molar-refractivity contribution >= 4 is 52.2 Å². The minimum Gasteiger partial charge on any atom is -0.497 e. The molecule has 0 unspecified atom stereocenters. The quantitative estimate of drug-likeness (QED) is 0.551. The summed E-state index contributed by atoms with van der Waals surface area (Å²) in [6.45, 7) is 0.496. The molecule has 7 nitrogen and oxygen atoms in total. The molecule has 0 aliphatic heterocycles. The van der Waals surface area contributed by atoms with Crippen molar-refractivity contribution in [3.05, 3.63) is 58.3 Å². The van der Waals surface area contributed by atoms with E-state index in [0.717, 1.165) is 5.56 Å². The SMILES string of the molecule is COc1ccc(OC)c(NC(=S)Nc2ncn(Cc3ccc(Cl)c(Cl)c3)n2)c1. The second-order valence-electron chi connectivity index (χ2n) is 5.66. The fourth-order valence-electron chi connectivity index (χ4n) is 2.42. The average Bonchev–Trinajstić information content (AvgIpc) is 3.11. The van der Waals surface area contributed by atoms with Crippen LogP contribution in [0.3, 0.4) is 0 Å². The Labute approximate surface area is 177 Å². The van der Waals surface area contributed by atoms with Crippen LogP contribution in [-0.2, 0) is 6.54 Å². The molecule has 0 saturated heterocycles. The Bertz CT molecular complexity index is 996. The lowest BCUT2D eigenvalue weighted by molar-refractivity contribution is 0.405. The molecule has 0 fully saturated rings. The van der Waals surface area contributed by atoms with E-state index in [2.05, 4.69) is 20.7 Å². The highest BCUT2D eigenvalue weighted by atomic mass is 35.5. The summed E-state index contributed by atoms with van der Waals surface area (Å²) < 4.78 is 12.2. The Morgan fingerprint density at radius 3 is 2.61 bits per heavy atom. The van der Waals surface area contributed by atoms with Gasteiger partial charge in [-0.15, -0.1) is 5.10 Å². The number of anilines is 2. The molecule has 0 amide bonds. The van der Waals surface area contributed by atoms with Crippen molar-refractivity contribution in [3.8, 4) is 11.5 Å². The molecule has 1 aromatic heterocycles. The van der Waals surface area contributed by atoms with Gasteiger partial charge >= 0.3 is 0 Å². The molecule has 0 atom stereocenters. The molecule has 0 radical (unpaired) electrons. The van der Waals surface area contributed by atoms with Crippen LogP contribution in [0.5, 0.6) is 11.5 Å².